The van der Waals surface area contributed by atoms with Gasteiger partial charge in [0.1, 0.15) is 13.3 Å². The van der Waals surface area contributed by atoms with E-state index in [1.165, 1.54) is 6.07 Å². The first-order valence-electron chi connectivity index (χ1n) is 13.8. The van der Waals surface area contributed by atoms with Crippen molar-refractivity contribution in [2.75, 3.05) is 33.4 Å². The standard InChI is InChI=1S/C29H32FN5O6/c1-3-29(39)20-10-23-25-16(12-35(23)27(37)19(20)14-40-28(29)38)9-17-18-13-34(8-7-32-24(36)5-4-6-31-2)15-41-26(18)21(30)11-22(17)33-25/h9-11,31,39H,3-8,12-15H2,1-2H3,(H,32,36)/t29-/m0/s1. The minimum atomic E-state index is -1.92. The Bertz CT molecular complexity index is 1640. The third-order valence-corrected chi connectivity index (χ3v) is 8.18. The molecule has 0 fully saturated rings. The third-order valence-electron chi connectivity index (χ3n) is 8.18. The maximum Gasteiger partial charge on any atom is 0.343 e. The van der Waals surface area contributed by atoms with Crippen LogP contribution in [0.2, 0.25) is 0 Å². The highest BCUT2D eigenvalue weighted by molar-refractivity contribution is 5.89. The fourth-order valence-electron chi connectivity index (χ4n) is 5.89. The summed E-state index contributed by atoms with van der Waals surface area (Å²) in [4.78, 5) is 44.7. The van der Waals surface area contributed by atoms with E-state index in [0.717, 1.165) is 23.9 Å². The van der Waals surface area contributed by atoms with E-state index in [0.29, 0.717) is 48.5 Å². The number of carbonyl (C=O) groups is 2. The average molecular weight is 566 g/mol. The minimum Gasteiger partial charge on any atom is -0.475 e. The molecule has 11 nitrogen and oxygen atoms in total. The number of nitrogens with zero attached hydrogens (tertiary/aromatic N) is 3. The molecule has 6 rings (SSSR count). The molecule has 3 N–H and O–H groups in total. The lowest BCUT2D eigenvalue weighted by molar-refractivity contribution is -0.172. The van der Waals surface area contributed by atoms with E-state index in [2.05, 4.69) is 10.6 Å². The predicted octanol–water partition coefficient (Wildman–Crippen LogP) is 1.49. The van der Waals surface area contributed by atoms with Crippen LogP contribution in [0, 0.1) is 5.82 Å². The van der Waals surface area contributed by atoms with Gasteiger partial charge in [0.05, 0.1) is 29.0 Å². The smallest absolute Gasteiger partial charge is 0.343 e. The van der Waals surface area contributed by atoms with Gasteiger partial charge in [-0.05, 0) is 38.6 Å². The molecular formula is C29H32FN5O6. The van der Waals surface area contributed by atoms with Crippen molar-refractivity contribution in [3.05, 3.63) is 56.6 Å². The lowest BCUT2D eigenvalue weighted by atomic mass is 9.86. The number of aliphatic hydroxyl groups is 1. The Kier molecular flexibility index (Phi) is 7.00. The molecule has 1 atom stereocenters. The normalized spacial score (nSPS) is 19.2. The van der Waals surface area contributed by atoms with Gasteiger partial charge in [-0.25, -0.2) is 14.2 Å². The van der Waals surface area contributed by atoms with Crippen LogP contribution < -0.4 is 20.9 Å². The summed E-state index contributed by atoms with van der Waals surface area (Å²) in [6, 6.07) is 4.87. The number of hydrogen-bond donors (Lipinski definition) is 3. The number of pyridine rings is 2. The first-order valence-corrected chi connectivity index (χ1v) is 13.8. The summed E-state index contributed by atoms with van der Waals surface area (Å²) in [5.41, 5.74) is 1.01. The van der Waals surface area contributed by atoms with Gasteiger partial charge in [0, 0.05) is 54.2 Å². The zero-order valence-corrected chi connectivity index (χ0v) is 23.0. The van der Waals surface area contributed by atoms with Crippen molar-refractivity contribution in [2.24, 2.45) is 0 Å². The Labute approximate surface area is 235 Å². The number of nitrogens with one attached hydrogen (secondary N) is 2. The SMILES string of the molecule is CC[C@@]1(O)C(=O)OCc2c1cc1n(c2=O)Cc2cc3c4c(c(F)cc3nc2-1)OCN(CCNC(=O)CCCNC)C4. The van der Waals surface area contributed by atoms with E-state index in [-0.39, 0.29) is 54.6 Å². The molecule has 41 heavy (non-hydrogen) atoms. The van der Waals surface area contributed by atoms with Crippen LogP contribution in [0.4, 0.5) is 4.39 Å². The summed E-state index contributed by atoms with van der Waals surface area (Å²) in [6.45, 7) is 4.03. The zero-order valence-electron chi connectivity index (χ0n) is 23.0. The van der Waals surface area contributed by atoms with Gasteiger partial charge < -0.3 is 29.8 Å². The molecule has 12 heteroatoms. The predicted molar refractivity (Wildman–Crippen MR) is 147 cm³/mol. The van der Waals surface area contributed by atoms with Crippen LogP contribution in [0.15, 0.2) is 23.0 Å². The van der Waals surface area contributed by atoms with Crippen LogP contribution in [0.5, 0.6) is 5.75 Å². The van der Waals surface area contributed by atoms with Gasteiger partial charge in [-0.3, -0.25) is 14.5 Å². The number of halogens is 1. The molecule has 0 unspecified atom stereocenters. The Morgan fingerprint density at radius 2 is 2.00 bits per heavy atom. The Balaban J connectivity index is 1.31. The van der Waals surface area contributed by atoms with Crippen molar-refractivity contribution in [2.45, 2.75) is 51.5 Å². The van der Waals surface area contributed by atoms with E-state index in [9.17, 15) is 19.5 Å². The lowest BCUT2D eigenvalue weighted by Gasteiger charge is -2.31. The maximum atomic E-state index is 15.2. The van der Waals surface area contributed by atoms with Gasteiger partial charge in [0.2, 0.25) is 5.91 Å². The number of cyclic esters (lactones) is 1. The Hall–Kier alpha value is -3.87. The number of carbonyl (C=O) groups excluding carboxylic acids is 2. The van der Waals surface area contributed by atoms with Gasteiger partial charge in [-0.1, -0.05) is 6.92 Å². The summed E-state index contributed by atoms with van der Waals surface area (Å²) >= 11 is 0. The number of fused-ring (bicyclic) bond motifs is 7. The average Bonchev–Trinajstić information content (AvgIpc) is 3.32. The fourth-order valence-corrected chi connectivity index (χ4v) is 5.89. The minimum absolute atomic E-state index is 0.0142. The summed E-state index contributed by atoms with van der Waals surface area (Å²) in [7, 11) is 1.85. The molecule has 2 aromatic heterocycles. The first-order chi connectivity index (χ1) is 19.7. The van der Waals surface area contributed by atoms with Gasteiger partial charge >= 0.3 is 5.97 Å². The molecule has 0 saturated carbocycles. The van der Waals surface area contributed by atoms with Crippen LogP contribution in [-0.2, 0) is 39.6 Å². The van der Waals surface area contributed by atoms with Gasteiger partial charge in [0.15, 0.2) is 17.2 Å². The van der Waals surface area contributed by atoms with Crippen LogP contribution >= 0.6 is 0 Å². The van der Waals surface area contributed by atoms with E-state index in [4.69, 9.17) is 14.5 Å². The second-order valence-corrected chi connectivity index (χ2v) is 10.7. The van der Waals surface area contributed by atoms with Crippen molar-refractivity contribution in [1.29, 1.82) is 0 Å². The van der Waals surface area contributed by atoms with Crippen molar-refractivity contribution < 1.29 is 28.6 Å². The van der Waals surface area contributed by atoms with E-state index >= 15 is 4.39 Å². The second kappa shape index (κ2) is 10.5. The molecule has 216 valence electrons. The monoisotopic (exact) mass is 565 g/mol. The summed E-state index contributed by atoms with van der Waals surface area (Å²) in [5, 5.41) is 17.7. The summed E-state index contributed by atoms with van der Waals surface area (Å²) in [6.07, 6.45) is 1.26. The van der Waals surface area contributed by atoms with Crippen LogP contribution in [0.3, 0.4) is 0 Å². The van der Waals surface area contributed by atoms with Crippen molar-refractivity contribution in [1.82, 2.24) is 25.1 Å². The number of amides is 1. The van der Waals surface area contributed by atoms with E-state index < -0.39 is 17.4 Å². The highest BCUT2D eigenvalue weighted by atomic mass is 19.1. The van der Waals surface area contributed by atoms with Gasteiger partial charge in [-0.2, -0.15) is 0 Å². The largest absolute Gasteiger partial charge is 0.475 e. The number of esters is 1. The lowest BCUT2D eigenvalue weighted by Crippen LogP contribution is -2.44. The highest BCUT2D eigenvalue weighted by Crippen LogP contribution is 2.41. The Morgan fingerprint density at radius 1 is 1.17 bits per heavy atom. The molecule has 3 aliphatic rings. The number of rotatable bonds is 8. The van der Waals surface area contributed by atoms with Gasteiger partial charge in [0.25, 0.3) is 5.56 Å². The quantitative estimate of drug-likeness (QED) is 0.215. The third kappa shape index (κ3) is 4.55. The summed E-state index contributed by atoms with van der Waals surface area (Å²) < 4.78 is 27.7. The molecule has 1 amide bonds. The first kappa shape index (κ1) is 27.3. The fraction of sp³-hybridized carbons (Fsp3) is 0.448. The van der Waals surface area contributed by atoms with E-state index in [1.807, 2.05) is 18.0 Å². The van der Waals surface area contributed by atoms with Crippen molar-refractivity contribution in [3.63, 3.8) is 0 Å². The molecule has 0 radical (unpaired) electrons. The Morgan fingerprint density at radius 3 is 2.78 bits per heavy atom. The van der Waals surface area contributed by atoms with Crippen LogP contribution in [-0.4, -0.2) is 64.8 Å². The van der Waals surface area contributed by atoms with Crippen molar-refractivity contribution in [3.8, 4) is 17.1 Å². The number of ether oxygens (including phenoxy) is 2. The van der Waals surface area contributed by atoms with Crippen LogP contribution in [0.25, 0.3) is 22.3 Å². The number of benzene rings is 1. The molecule has 0 spiro atoms. The van der Waals surface area contributed by atoms with Crippen molar-refractivity contribution >= 4 is 22.8 Å². The molecular weight excluding hydrogens is 533 g/mol. The molecule has 5 heterocycles. The molecule has 0 saturated heterocycles. The topological polar surface area (TPSA) is 135 Å². The molecule has 1 aromatic carbocycles. The number of aromatic nitrogens is 2. The molecule has 0 aliphatic carbocycles. The van der Waals surface area contributed by atoms with E-state index in [1.54, 1.807) is 17.6 Å². The van der Waals surface area contributed by atoms with Crippen LogP contribution in [0.1, 0.15) is 48.4 Å². The molecule has 3 aromatic rings. The zero-order chi connectivity index (χ0) is 28.9. The maximum absolute atomic E-state index is 15.2. The second-order valence-electron chi connectivity index (χ2n) is 10.7. The molecule has 0 bridgehead atoms. The summed E-state index contributed by atoms with van der Waals surface area (Å²) in [5.74, 6) is -1.15. The van der Waals surface area contributed by atoms with Gasteiger partial charge in [-0.15, -0.1) is 0 Å². The molecule has 3 aliphatic heterocycles. The highest BCUT2D eigenvalue weighted by Gasteiger charge is 2.45. The number of hydrogen-bond acceptors (Lipinski definition) is 9.